The van der Waals surface area contributed by atoms with Crippen molar-refractivity contribution in [2.75, 3.05) is 13.1 Å². The van der Waals surface area contributed by atoms with Crippen LogP contribution < -0.4 is 0 Å². The Balaban J connectivity index is 1.46. The third kappa shape index (κ3) is 6.43. The zero-order valence-electron chi connectivity index (χ0n) is 27.9. The summed E-state index contributed by atoms with van der Waals surface area (Å²) in [6.45, 7) is 8.60. The predicted molar refractivity (Wildman–Crippen MR) is 189 cm³/mol. The van der Waals surface area contributed by atoms with Gasteiger partial charge in [0.1, 0.15) is 5.54 Å². The van der Waals surface area contributed by atoms with Crippen LogP contribution in [0.1, 0.15) is 78.2 Å². The number of aromatic nitrogens is 2. The average Bonchev–Trinajstić information content (AvgIpc) is 3.53. The fourth-order valence-electron chi connectivity index (χ4n) is 7.53. The molecule has 0 saturated carbocycles. The van der Waals surface area contributed by atoms with Gasteiger partial charge in [0.05, 0.1) is 11.7 Å². The maximum Gasteiger partial charge on any atom is 0.408 e. The van der Waals surface area contributed by atoms with E-state index in [-0.39, 0.29) is 11.9 Å². The number of carbonyl (C=O) groups excluding carboxylic acids is 1. The van der Waals surface area contributed by atoms with Crippen molar-refractivity contribution in [3.63, 3.8) is 0 Å². The van der Waals surface area contributed by atoms with Gasteiger partial charge in [0.25, 0.3) is 0 Å². The number of carbonyl (C=O) groups is 2. The Morgan fingerprint density at radius 2 is 1.27 bits per heavy atom. The summed E-state index contributed by atoms with van der Waals surface area (Å²) in [4.78, 5) is 35.3. The van der Waals surface area contributed by atoms with Crippen molar-refractivity contribution in [3.05, 3.63) is 161 Å². The van der Waals surface area contributed by atoms with E-state index >= 15 is 0 Å². The number of piperidine rings is 1. The summed E-state index contributed by atoms with van der Waals surface area (Å²) in [5, 5.41) is 10.9. The largest absolute Gasteiger partial charge is 0.465 e. The summed E-state index contributed by atoms with van der Waals surface area (Å²) in [5.74, 6) is 0.235. The molecule has 1 amide bonds. The zero-order valence-corrected chi connectivity index (χ0v) is 27.9. The molecular weight excluding hydrogens is 596 g/mol. The highest BCUT2D eigenvalue weighted by Crippen LogP contribution is 2.45. The predicted octanol–water partition coefficient (Wildman–Crippen LogP) is 8.27. The molecule has 4 aromatic carbocycles. The topological polar surface area (TPSA) is 78.7 Å². The first-order chi connectivity index (χ1) is 23.2. The number of rotatable bonds is 10. The quantitative estimate of drug-likeness (QED) is 0.123. The molecule has 6 rings (SSSR count). The molecule has 7 heteroatoms. The van der Waals surface area contributed by atoms with Crippen molar-refractivity contribution in [2.45, 2.75) is 57.8 Å². The Hall–Kier alpha value is -5.01. The number of imidazole rings is 1. The van der Waals surface area contributed by atoms with Gasteiger partial charge in [-0.3, -0.25) is 14.6 Å². The van der Waals surface area contributed by atoms with E-state index in [2.05, 4.69) is 86.3 Å². The molecule has 2 heterocycles. The van der Waals surface area contributed by atoms with Crippen LogP contribution in [0.25, 0.3) is 0 Å². The van der Waals surface area contributed by atoms with Crippen molar-refractivity contribution < 1.29 is 14.7 Å². The lowest BCUT2D eigenvalue weighted by atomic mass is 9.76. The van der Waals surface area contributed by atoms with Gasteiger partial charge >= 0.3 is 6.09 Å². The molecule has 1 fully saturated rings. The molecule has 1 aromatic heterocycles. The molecule has 246 valence electrons. The molecule has 1 atom stereocenters. The summed E-state index contributed by atoms with van der Waals surface area (Å²) in [7, 11) is 0. The highest BCUT2D eigenvalue weighted by molar-refractivity contribution is 5.72. The molecule has 7 nitrogen and oxygen atoms in total. The van der Waals surface area contributed by atoms with Crippen LogP contribution >= 0.6 is 0 Å². The van der Waals surface area contributed by atoms with Gasteiger partial charge in [-0.1, -0.05) is 142 Å². The highest BCUT2D eigenvalue weighted by Gasteiger charge is 2.45. The molecule has 0 aliphatic carbocycles. The third-order valence-corrected chi connectivity index (χ3v) is 9.59. The van der Waals surface area contributed by atoms with Crippen LogP contribution in [0.5, 0.6) is 0 Å². The molecule has 0 radical (unpaired) electrons. The number of nitrogens with zero attached hydrogens (tertiary/aromatic N) is 4. The van der Waals surface area contributed by atoms with Gasteiger partial charge in [-0.05, 0) is 40.5 Å². The molecule has 5 aromatic rings. The van der Waals surface area contributed by atoms with Gasteiger partial charge in [0, 0.05) is 31.9 Å². The SMILES string of the molecule is CC(C)(C)C(c1cn(C(c2ccccc2)(c2ccccc2)c2ccccc2)c(C=O)n1)N(C(=O)O)C1CCN(Cc2ccccc2)CC1. The summed E-state index contributed by atoms with van der Waals surface area (Å²) in [6, 6.07) is 40.0. The normalized spacial score (nSPS) is 15.1. The number of hydrogen-bond acceptors (Lipinski definition) is 4. The summed E-state index contributed by atoms with van der Waals surface area (Å²) < 4.78 is 1.95. The second-order valence-electron chi connectivity index (χ2n) is 13.8. The summed E-state index contributed by atoms with van der Waals surface area (Å²) in [6.07, 6.45) is 3.18. The van der Waals surface area contributed by atoms with Crippen molar-refractivity contribution in [2.24, 2.45) is 5.41 Å². The number of carboxylic acid groups (broad SMARTS) is 1. The molecule has 1 unspecified atom stereocenters. The van der Waals surface area contributed by atoms with E-state index in [1.54, 1.807) is 4.90 Å². The number of hydrogen-bond donors (Lipinski definition) is 1. The Bertz CT molecular complexity index is 1700. The zero-order chi connectivity index (χ0) is 33.7. The van der Waals surface area contributed by atoms with Gasteiger partial charge in [-0.25, -0.2) is 9.78 Å². The smallest absolute Gasteiger partial charge is 0.408 e. The first-order valence-corrected chi connectivity index (χ1v) is 16.7. The Morgan fingerprint density at radius 3 is 1.69 bits per heavy atom. The van der Waals surface area contributed by atoms with Crippen LogP contribution in [0.4, 0.5) is 4.79 Å². The molecule has 1 N–H and O–H groups in total. The fraction of sp³-hybridized carbons (Fsp3) is 0.293. The molecule has 0 bridgehead atoms. The van der Waals surface area contributed by atoms with Crippen molar-refractivity contribution in [1.82, 2.24) is 19.4 Å². The van der Waals surface area contributed by atoms with E-state index < -0.39 is 23.1 Å². The third-order valence-electron chi connectivity index (χ3n) is 9.59. The molecule has 1 aliphatic rings. The molecular formula is C41H44N4O3. The minimum atomic E-state index is -0.973. The van der Waals surface area contributed by atoms with Crippen LogP contribution in [0.2, 0.25) is 0 Å². The summed E-state index contributed by atoms with van der Waals surface area (Å²) >= 11 is 0. The highest BCUT2D eigenvalue weighted by atomic mass is 16.4. The molecule has 1 saturated heterocycles. The van der Waals surface area contributed by atoms with Crippen LogP contribution in [0.3, 0.4) is 0 Å². The lowest BCUT2D eigenvalue weighted by Crippen LogP contribution is -2.51. The number of likely N-dealkylation sites (tertiary alicyclic amines) is 1. The average molecular weight is 641 g/mol. The van der Waals surface area contributed by atoms with Gasteiger partial charge in [-0.2, -0.15) is 0 Å². The minimum absolute atomic E-state index is 0.189. The maximum atomic E-state index is 13.3. The van der Waals surface area contributed by atoms with Crippen molar-refractivity contribution >= 4 is 12.4 Å². The number of aldehydes is 1. The Morgan fingerprint density at radius 1 is 0.812 bits per heavy atom. The van der Waals surface area contributed by atoms with Gasteiger partial charge < -0.3 is 9.67 Å². The lowest BCUT2D eigenvalue weighted by Gasteiger charge is -2.45. The first-order valence-electron chi connectivity index (χ1n) is 16.7. The van der Waals surface area contributed by atoms with E-state index in [0.29, 0.717) is 5.69 Å². The fourth-order valence-corrected chi connectivity index (χ4v) is 7.53. The van der Waals surface area contributed by atoms with Gasteiger partial charge in [-0.15, -0.1) is 0 Å². The van der Waals surface area contributed by atoms with Gasteiger partial charge in [0.2, 0.25) is 0 Å². The molecule has 1 aliphatic heterocycles. The van der Waals surface area contributed by atoms with E-state index in [4.69, 9.17) is 4.98 Å². The number of benzene rings is 4. The monoisotopic (exact) mass is 640 g/mol. The van der Waals surface area contributed by atoms with Crippen LogP contribution in [-0.4, -0.2) is 56.0 Å². The summed E-state index contributed by atoms with van der Waals surface area (Å²) in [5.41, 5.74) is 3.22. The van der Waals surface area contributed by atoms with Crippen LogP contribution in [0, 0.1) is 5.41 Å². The van der Waals surface area contributed by atoms with Crippen LogP contribution in [-0.2, 0) is 12.1 Å². The molecule has 0 spiro atoms. The van der Waals surface area contributed by atoms with E-state index in [1.165, 1.54) is 5.56 Å². The Kier molecular flexibility index (Phi) is 9.60. The van der Waals surface area contributed by atoms with E-state index in [1.807, 2.05) is 71.4 Å². The molecule has 48 heavy (non-hydrogen) atoms. The van der Waals surface area contributed by atoms with Crippen LogP contribution in [0.15, 0.2) is 128 Å². The lowest BCUT2D eigenvalue weighted by molar-refractivity contribution is 0.0270. The minimum Gasteiger partial charge on any atom is -0.465 e. The first kappa shape index (κ1) is 32.9. The van der Waals surface area contributed by atoms with E-state index in [9.17, 15) is 14.7 Å². The van der Waals surface area contributed by atoms with Gasteiger partial charge in [0.15, 0.2) is 12.1 Å². The van der Waals surface area contributed by atoms with Crippen molar-refractivity contribution in [3.8, 4) is 0 Å². The van der Waals surface area contributed by atoms with E-state index in [0.717, 1.165) is 55.5 Å². The number of amides is 1. The van der Waals surface area contributed by atoms with Crippen molar-refractivity contribution in [1.29, 1.82) is 0 Å². The maximum absolute atomic E-state index is 13.3. The second-order valence-corrected chi connectivity index (χ2v) is 13.8. The Labute approximate surface area is 283 Å². The second kappa shape index (κ2) is 14.0. The standard InChI is InChI=1S/C41H44N4O3/c1-40(2,3)38(45(39(47)48)35-24-26-43(27-25-35)28-31-16-8-4-9-17-31)36-29-44(37(30-46)42-36)41(32-18-10-5-11-19-32,33-20-12-6-13-21-33)34-22-14-7-15-23-34/h4-23,29-30,35,38H,24-28H2,1-3H3,(H,47,48).